The maximum absolute atomic E-state index is 11.0. The number of hydrogen-bond donors (Lipinski definition) is 1. The lowest BCUT2D eigenvalue weighted by Crippen LogP contribution is -2.43. The molecule has 1 N–H and O–H groups in total. The Hall–Kier alpha value is -1.33. The van der Waals surface area contributed by atoms with Gasteiger partial charge in [-0.3, -0.25) is 0 Å². The fraction of sp³-hybridized carbons (Fsp3) is 0.533. The van der Waals surface area contributed by atoms with Gasteiger partial charge in [-0.1, -0.05) is 32.9 Å². The summed E-state index contributed by atoms with van der Waals surface area (Å²) in [5, 5.41) is 9.17. The number of rotatable bonds is 5. The predicted molar refractivity (Wildman–Crippen MR) is 81.7 cm³/mol. The highest BCUT2D eigenvalue weighted by molar-refractivity contribution is 6.74. The second-order valence-corrected chi connectivity index (χ2v) is 11.1. The average Bonchev–Trinajstić information content (AvgIpc) is 2.30. The molecule has 0 aromatic heterocycles. The molecular weight excluding hydrogens is 272 g/mol. The summed E-state index contributed by atoms with van der Waals surface area (Å²) in [7, 11) is -0.480. The molecule has 0 spiro atoms. The standard InChI is InChI=1S/C15H24O4Si/c1-15(2,3)20(5,6)19-12-9-7-11(8-10-12)13(18-4)14(16)17/h7-10,13H,1-6H3,(H,16,17). The van der Waals surface area contributed by atoms with Crippen LogP contribution in [0.25, 0.3) is 0 Å². The zero-order chi connectivity index (χ0) is 15.6. The number of methoxy groups -OCH3 is 1. The maximum Gasteiger partial charge on any atom is 0.337 e. The third kappa shape index (κ3) is 3.83. The van der Waals surface area contributed by atoms with Crippen LogP contribution in [0, 0.1) is 0 Å². The first-order chi connectivity index (χ1) is 9.08. The molecule has 0 radical (unpaired) electrons. The zero-order valence-electron chi connectivity index (χ0n) is 13.1. The molecule has 0 aliphatic heterocycles. The summed E-state index contributed by atoms with van der Waals surface area (Å²) in [6, 6.07) is 7.10. The van der Waals surface area contributed by atoms with Crippen molar-refractivity contribution in [1.82, 2.24) is 0 Å². The van der Waals surface area contributed by atoms with Gasteiger partial charge in [0.2, 0.25) is 8.32 Å². The Morgan fingerprint density at radius 2 is 1.70 bits per heavy atom. The number of ether oxygens (including phenoxy) is 1. The van der Waals surface area contributed by atoms with Crippen LogP contribution < -0.4 is 4.43 Å². The molecule has 1 unspecified atom stereocenters. The van der Waals surface area contributed by atoms with Gasteiger partial charge in [-0.05, 0) is 35.8 Å². The number of carboxylic acids is 1. The van der Waals surface area contributed by atoms with E-state index in [1.165, 1.54) is 7.11 Å². The van der Waals surface area contributed by atoms with E-state index in [-0.39, 0.29) is 5.04 Å². The van der Waals surface area contributed by atoms with E-state index < -0.39 is 20.4 Å². The van der Waals surface area contributed by atoms with Crippen LogP contribution in [0.15, 0.2) is 24.3 Å². The van der Waals surface area contributed by atoms with Gasteiger partial charge in [0.15, 0.2) is 6.10 Å². The minimum atomic E-state index is -1.87. The average molecular weight is 296 g/mol. The van der Waals surface area contributed by atoms with Gasteiger partial charge in [0.05, 0.1) is 0 Å². The number of carbonyl (C=O) groups is 1. The first-order valence-corrected chi connectivity index (χ1v) is 9.54. The van der Waals surface area contributed by atoms with Gasteiger partial charge in [-0.2, -0.15) is 0 Å². The SMILES string of the molecule is COC(C(=O)O)c1ccc(O[Si](C)(C)C(C)(C)C)cc1. The number of carboxylic acid groups (broad SMARTS) is 1. The molecule has 0 aliphatic carbocycles. The lowest BCUT2D eigenvalue weighted by Gasteiger charge is -2.36. The van der Waals surface area contributed by atoms with E-state index in [0.717, 1.165) is 5.75 Å². The monoisotopic (exact) mass is 296 g/mol. The molecule has 0 aliphatic rings. The minimum Gasteiger partial charge on any atom is -0.544 e. The molecule has 0 bridgehead atoms. The normalized spacial score (nSPS) is 13.9. The quantitative estimate of drug-likeness (QED) is 0.839. The summed E-state index contributed by atoms with van der Waals surface area (Å²) in [6.45, 7) is 10.9. The Kier molecular flexibility index (Phi) is 4.99. The van der Waals surface area contributed by atoms with Crippen molar-refractivity contribution in [2.75, 3.05) is 7.11 Å². The summed E-state index contributed by atoms with van der Waals surface area (Å²) < 4.78 is 11.1. The van der Waals surface area contributed by atoms with Crippen LogP contribution in [-0.2, 0) is 9.53 Å². The molecule has 0 amide bonds. The van der Waals surface area contributed by atoms with Crippen LogP contribution in [-0.4, -0.2) is 26.5 Å². The molecular formula is C15H24O4Si. The van der Waals surface area contributed by atoms with E-state index >= 15 is 0 Å². The first kappa shape index (κ1) is 16.7. The zero-order valence-corrected chi connectivity index (χ0v) is 14.1. The fourth-order valence-corrected chi connectivity index (χ4v) is 2.57. The highest BCUT2D eigenvalue weighted by Crippen LogP contribution is 2.37. The van der Waals surface area contributed by atoms with Crippen LogP contribution >= 0.6 is 0 Å². The van der Waals surface area contributed by atoms with Gasteiger partial charge in [0, 0.05) is 7.11 Å². The Balaban J connectivity index is 2.90. The Morgan fingerprint density at radius 1 is 1.20 bits per heavy atom. The van der Waals surface area contributed by atoms with Gasteiger partial charge in [0.25, 0.3) is 0 Å². The van der Waals surface area contributed by atoms with Crippen molar-refractivity contribution in [2.45, 2.75) is 45.0 Å². The number of hydrogen-bond acceptors (Lipinski definition) is 3. The molecule has 1 aromatic rings. The number of benzene rings is 1. The molecule has 5 heteroatoms. The minimum absolute atomic E-state index is 0.127. The van der Waals surface area contributed by atoms with Gasteiger partial charge in [-0.25, -0.2) is 4.79 Å². The molecule has 4 nitrogen and oxygen atoms in total. The molecule has 1 aromatic carbocycles. The molecule has 0 saturated heterocycles. The predicted octanol–water partition coefficient (Wildman–Crippen LogP) is 3.84. The van der Waals surface area contributed by atoms with Gasteiger partial charge < -0.3 is 14.3 Å². The molecule has 0 fully saturated rings. The van der Waals surface area contributed by atoms with Crippen molar-refractivity contribution < 1.29 is 19.1 Å². The second kappa shape index (κ2) is 5.97. The van der Waals surface area contributed by atoms with Crippen molar-refractivity contribution in [3.63, 3.8) is 0 Å². The van der Waals surface area contributed by atoms with Crippen molar-refractivity contribution in [1.29, 1.82) is 0 Å². The fourth-order valence-electron chi connectivity index (χ4n) is 1.54. The summed E-state index contributed by atoms with van der Waals surface area (Å²) in [4.78, 5) is 11.0. The highest BCUT2D eigenvalue weighted by atomic mass is 28.4. The van der Waals surface area contributed by atoms with Gasteiger partial charge in [0.1, 0.15) is 5.75 Å². The van der Waals surface area contributed by atoms with E-state index in [9.17, 15) is 4.79 Å². The van der Waals surface area contributed by atoms with Crippen molar-refractivity contribution in [2.24, 2.45) is 0 Å². The van der Waals surface area contributed by atoms with Crippen molar-refractivity contribution in [3.8, 4) is 5.75 Å². The van der Waals surface area contributed by atoms with E-state index in [4.69, 9.17) is 14.3 Å². The van der Waals surface area contributed by atoms with Crippen molar-refractivity contribution >= 4 is 14.3 Å². The third-order valence-electron chi connectivity index (χ3n) is 3.82. The Bertz CT molecular complexity index is 460. The van der Waals surface area contributed by atoms with E-state index in [1.807, 2.05) is 12.1 Å². The molecule has 0 saturated carbocycles. The summed E-state index contributed by atoms with van der Waals surface area (Å²) in [5.74, 6) is -0.217. The summed E-state index contributed by atoms with van der Waals surface area (Å²) in [6.07, 6.45) is -0.933. The lowest BCUT2D eigenvalue weighted by atomic mass is 10.1. The van der Waals surface area contributed by atoms with Crippen LogP contribution in [0.3, 0.4) is 0 Å². The third-order valence-corrected chi connectivity index (χ3v) is 8.18. The van der Waals surface area contributed by atoms with Crippen LogP contribution in [0.1, 0.15) is 32.4 Å². The Labute approximate surface area is 121 Å². The highest BCUT2D eigenvalue weighted by Gasteiger charge is 2.38. The Morgan fingerprint density at radius 3 is 2.05 bits per heavy atom. The number of aliphatic carboxylic acids is 1. The van der Waals surface area contributed by atoms with E-state index in [1.54, 1.807) is 12.1 Å². The lowest BCUT2D eigenvalue weighted by molar-refractivity contribution is -0.148. The van der Waals surface area contributed by atoms with Gasteiger partial charge >= 0.3 is 5.97 Å². The largest absolute Gasteiger partial charge is 0.544 e. The molecule has 112 valence electrons. The van der Waals surface area contributed by atoms with Gasteiger partial charge in [-0.15, -0.1) is 0 Å². The van der Waals surface area contributed by atoms with Crippen LogP contribution in [0.4, 0.5) is 0 Å². The van der Waals surface area contributed by atoms with E-state index in [2.05, 4.69) is 33.9 Å². The molecule has 0 heterocycles. The first-order valence-electron chi connectivity index (χ1n) is 6.63. The smallest absolute Gasteiger partial charge is 0.337 e. The molecule has 1 atom stereocenters. The maximum atomic E-state index is 11.0. The van der Waals surface area contributed by atoms with Crippen LogP contribution in [0.5, 0.6) is 5.75 Å². The van der Waals surface area contributed by atoms with Crippen LogP contribution in [0.2, 0.25) is 18.1 Å². The molecule has 1 rings (SSSR count). The summed E-state index contributed by atoms with van der Waals surface area (Å²) >= 11 is 0. The van der Waals surface area contributed by atoms with E-state index in [0.29, 0.717) is 5.56 Å². The molecule has 20 heavy (non-hydrogen) atoms. The van der Waals surface area contributed by atoms with Crippen molar-refractivity contribution in [3.05, 3.63) is 29.8 Å². The summed E-state index contributed by atoms with van der Waals surface area (Å²) in [5.41, 5.74) is 0.614. The topological polar surface area (TPSA) is 55.8 Å². The second-order valence-electron chi connectivity index (χ2n) is 6.39.